The summed E-state index contributed by atoms with van der Waals surface area (Å²) >= 11 is 0. The van der Waals surface area contributed by atoms with Crippen molar-refractivity contribution in [3.05, 3.63) is 164 Å². The van der Waals surface area contributed by atoms with Gasteiger partial charge in [0.2, 0.25) is 0 Å². The molecule has 0 saturated carbocycles. The van der Waals surface area contributed by atoms with Crippen molar-refractivity contribution in [3.8, 4) is 84.0 Å². The van der Waals surface area contributed by atoms with E-state index < -0.39 is 0 Å². The molecule has 0 radical (unpaired) electrons. The molecule has 0 amide bonds. The molecular formula is C45H36O3. The van der Waals surface area contributed by atoms with E-state index in [4.69, 9.17) is 14.2 Å². The highest BCUT2D eigenvalue weighted by Crippen LogP contribution is 2.45. The fraction of sp³-hybridized carbons (Fsp3) is 0.0667. The highest BCUT2D eigenvalue weighted by Gasteiger charge is 2.18. The maximum absolute atomic E-state index is 5.83. The number of rotatable bonds is 9. The van der Waals surface area contributed by atoms with E-state index in [1.165, 1.54) is 0 Å². The van der Waals surface area contributed by atoms with E-state index in [1.54, 1.807) is 21.3 Å². The van der Waals surface area contributed by atoms with Crippen molar-refractivity contribution in [1.29, 1.82) is 0 Å². The molecule has 0 fully saturated rings. The lowest BCUT2D eigenvalue weighted by molar-refractivity contribution is 0.416. The van der Waals surface area contributed by atoms with Crippen LogP contribution in [0.5, 0.6) is 17.2 Å². The molecule has 7 aromatic rings. The van der Waals surface area contributed by atoms with E-state index in [0.717, 1.165) is 84.0 Å². The van der Waals surface area contributed by atoms with Crippen LogP contribution in [0.1, 0.15) is 0 Å². The van der Waals surface area contributed by atoms with Crippen molar-refractivity contribution in [2.75, 3.05) is 21.3 Å². The number of hydrogen-bond acceptors (Lipinski definition) is 3. The molecule has 0 saturated heterocycles. The van der Waals surface area contributed by atoms with Crippen LogP contribution in [0.4, 0.5) is 0 Å². The Hall–Kier alpha value is -6.06. The van der Waals surface area contributed by atoms with Gasteiger partial charge in [-0.25, -0.2) is 0 Å². The predicted octanol–water partition coefficient (Wildman–Crippen LogP) is 11.7. The molecule has 0 heterocycles. The van der Waals surface area contributed by atoms with E-state index in [9.17, 15) is 0 Å². The van der Waals surface area contributed by atoms with Gasteiger partial charge in [-0.1, -0.05) is 127 Å². The third-order valence-corrected chi connectivity index (χ3v) is 8.84. The summed E-state index contributed by atoms with van der Waals surface area (Å²) in [5, 5.41) is 0. The van der Waals surface area contributed by atoms with E-state index >= 15 is 0 Å². The summed E-state index contributed by atoms with van der Waals surface area (Å²) in [6.45, 7) is 0. The van der Waals surface area contributed by atoms with Gasteiger partial charge in [0.25, 0.3) is 0 Å². The molecule has 48 heavy (non-hydrogen) atoms. The van der Waals surface area contributed by atoms with Crippen LogP contribution in [0, 0.1) is 0 Å². The van der Waals surface area contributed by atoms with Gasteiger partial charge in [0.1, 0.15) is 17.2 Å². The zero-order valence-electron chi connectivity index (χ0n) is 27.3. The summed E-state index contributed by atoms with van der Waals surface area (Å²) in [6.07, 6.45) is 0. The van der Waals surface area contributed by atoms with Crippen LogP contribution in [0.3, 0.4) is 0 Å². The van der Waals surface area contributed by atoms with Crippen LogP contribution < -0.4 is 14.2 Å². The topological polar surface area (TPSA) is 27.7 Å². The Morgan fingerprint density at radius 3 is 0.708 bits per heavy atom. The SMILES string of the molecule is COc1ccccc1-c1ccccc1-c1cc(-c2ccccc2-c2ccccc2OC)cc(-c2ccccc2-c2ccccc2OC)c1. The van der Waals surface area contributed by atoms with Gasteiger partial charge in [0.15, 0.2) is 0 Å². The molecule has 0 aliphatic carbocycles. The monoisotopic (exact) mass is 624 g/mol. The van der Waals surface area contributed by atoms with Crippen LogP contribution in [-0.2, 0) is 0 Å². The predicted molar refractivity (Wildman–Crippen MR) is 199 cm³/mol. The lowest BCUT2D eigenvalue weighted by Gasteiger charge is -2.19. The third kappa shape index (κ3) is 5.83. The lowest BCUT2D eigenvalue weighted by atomic mass is 9.86. The van der Waals surface area contributed by atoms with Crippen molar-refractivity contribution < 1.29 is 14.2 Å². The number of hydrogen-bond donors (Lipinski definition) is 0. The van der Waals surface area contributed by atoms with Crippen molar-refractivity contribution >= 4 is 0 Å². The highest BCUT2D eigenvalue weighted by atomic mass is 16.5. The number of para-hydroxylation sites is 3. The Morgan fingerprint density at radius 1 is 0.250 bits per heavy atom. The average Bonchev–Trinajstić information content (AvgIpc) is 3.17. The molecule has 0 atom stereocenters. The van der Waals surface area contributed by atoms with Gasteiger partial charge >= 0.3 is 0 Å². The van der Waals surface area contributed by atoms with Crippen molar-refractivity contribution in [3.63, 3.8) is 0 Å². The summed E-state index contributed by atoms with van der Waals surface area (Å²) in [7, 11) is 5.18. The molecule has 0 aliphatic rings. The first kappa shape index (κ1) is 30.6. The first-order chi connectivity index (χ1) is 23.7. The van der Waals surface area contributed by atoms with Crippen LogP contribution in [-0.4, -0.2) is 21.3 Å². The molecule has 234 valence electrons. The second-order valence-electron chi connectivity index (χ2n) is 11.5. The van der Waals surface area contributed by atoms with Gasteiger partial charge in [-0.05, 0) is 86.5 Å². The second kappa shape index (κ2) is 13.7. The molecule has 0 unspecified atom stereocenters. The molecule has 7 aromatic carbocycles. The highest BCUT2D eigenvalue weighted by molar-refractivity contribution is 5.95. The summed E-state index contributed by atoms with van der Waals surface area (Å²) in [6, 6.07) is 57.2. The lowest BCUT2D eigenvalue weighted by Crippen LogP contribution is -1.94. The van der Waals surface area contributed by atoms with Gasteiger partial charge in [-0.3, -0.25) is 0 Å². The Kier molecular flexibility index (Phi) is 8.76. The molecular weight excluding hydrogens is 588 g/mol. The summed E-state index contributed by atoms with van der Waals surface area (Å²) < 4.78 is 17.5. The second-order valence-corrected chi connectivity index (χ2v) is 11.5. The smallest absolute Gasteiger partial charge is 0.126 e. The molecule has 0 N–H and O–H groups in total. The van der Waals surface area contributed by atoms with Crippen molar-refractivity contribution in [2.45, 2.75) is 0 Å². The molecule has 0 spiro atoms. The van der Waals surface area contributed by atoms with Gasteiger partial charge in [-0.15, -0.1) is 0 Å². The Morgan fingerprint density at radius 2 is 0.458 bits per heavy atom. The maximum Gasteiger partial charge on any atom is 0.126 e. The van der Waals surface area contributed by atoms with Gasteiger partial charge in [0, 0.05) is 16.7 Å². The first-order valence-electron chi connectivity index (χ1n) is 16.0. The molecule has 0 aliphatic heterocycles. The molecule has 0 bridgehead atoms. The van der Waals surface area contributed by atoms with Crippen LogP contribution in [0.15, 0.2) is 164 Å². The van der Waals surface area contributed by atoms with E-state index in [1.807, 2.05) is 36.4 Å². The largest absolute Gasteiger partial charge is 0.496 e. The zero-order valence-corrected chi connectivity index (χ0v) is 27.3. The minimum absolute atomic E-state index is 0.837. The maximum atomic E-state index is 5.83. The van der Waals surface area contributed by atoms with Crippen molar-refractivity contribution in [2.24, 2.45) is 0 Å². The quantitative estimate of drug-likeness (QED) is 0.160. The normalized spacial score (nSPS) is 10.8. The Bertz CT molecular complexity index is 1950. The van der Waals surface area contributed by atoms with Crippen LogP contribution in [0.2, 0.25) is 0 Å². The van der Waals surface area contributed by atoms with Crippen LogP contribution in [0.25, 0.3) is 66.8 Å². The fourth-order valence-electron chi connectivity index (χ4n) is 6.60. The van der Waals surface area contributed by atoms with E-state index in [2.05, 4.69) is 127 Å². The number of ether oxygens (including phenoxy) is 3. The van der Waals surface area contributed by atoms with E-state index in [-0.39, 0.29) is 0 Å². The standard InChI is InChI=1S/C45H36O3/c1-46-43-25-13-10-22-40(43)37-19-7-4-16-34(37)31-28-32(35-17-5-8-20-38(35)41-23-11-14-26-44(41)47-2)30-33(29-31)36-18-6-9-21-39(36)42-24-12-15-27-45(42)48-3/h4-30H,1-3H3. The minimum Gasteiger partial charge on any atom is -0.496 e. The van der Waals surface area contributed by atoms with Gasteiger partial charge in [0.05, 0.1) is 21.3 Å². The summed E-state index contributed by atoms with van der Waals surface area (Å²) in [5.41, 5.74) is 13.1. The van der Waals surface area contributed by atoms with Gasteiger partial charge < -0.3 is 14.2 Å². The van der Waals surface area contributed by atoms with Crippen molar-refractivity contribution in [1.82, 2.24) is 0 Å². The Balaban J connectivity index is 1.52. The average molecular weight is 625 g/mol. The molecule has 7 rings (SSSR count). The third-order valence-electron chi connectivity index (χ3n) is 8.84. The molecule has 0 aromatic heterocycles. The molecule has 3 nitrogen and oxygen atoms in total. The van der Waals surface area contributed by atoms with Crippen LogP contribution >= 0.6 is 0 Å². The van der Waals surface area contributed by atoms with E-state index in [0.29, 0.717) is 0 Å². The first-order valence-corrected chi connectivity index (χ1v) is 16.0. The molecule has 3 heteroatoms. The summed E-state index contributed by atoms with van der Waals surface area (Å²) in [4.78, 5) is 0. The number of methoxy groups -OCH3 is 3. The Labute approximate surface area is 282 Å². The van der Waals surface area contributed by atoms with Gasteiger partial charge in [-0.2, -0.15) is 0 Å². The zero-order chi connectivity index (χ0) is 32.9. The summed E-state index contributed by atoms with van der Waals surface area (Å²) in [5.74, 6) is 2.51. The fourth-order valence-corrected chi connectivity index (χ4v) is 6.60. The number of benzene rings is 7. The minimum atomic E-state index is 0.837.